The minimum absolute atomic E-state index is 0.417. The molecule has 0 amide bonds. The molecule has 0 saturated heterocycles. The molecule has 2 rings (SSSR count). The third-order valence-electron chi connectivity index (χ3n) is 2.69. The Morgan fingerprint density at radius 2 is 2.00 bits per heavy atom. The molecule has 0 aliphatic carbocycles. The lowest BCUT2D eigenvalue weighted by Crippen LogP contribution is -2.04. The van der Waals surface area contributed by atoms with Crippen molar-refractivity contribution in [2.24, 2.45) is 0 Å². The van der Waals surface area contributed by atoms with Crippen molar-refractivity contribution in [1.29, 1.82) is 0 Å². The van der Waals surface area contributed by atoms with Gasteiger partial charge in [-0.1, -0.05) is 29.3 Å². The highest BCUT2D eigenvalue weighted by Crippen LogP contribution is 2.28. The van der Waals surface area contributed by atoms with Gasteiger partial charge < -0.3 is 5.11 Å². The molecule has 1 atom stereocenters. The highest BCUT2D eigenvalue weighted by atomic mass is 35.5. The lowest BCUT2D eigenvalue weighted by molar-refractivity contribution is 0.177. The van der Waals surface area contributed by atoms with Gasteiger partial charge in [0.25, 0.3) is 0 Å². The molecule has 4 heteroatoms. The zero-order chi connectivity index (χ0) is 13.1. The summed E-state index contributed by atoms with van der Waals surface area (Å²) >= 11 is 11.9. The topological polar surface area (TPSA) is 33.1 Å². The second-order valence-corrected chi connectivity index (χ2v) is 5.06. The van der Waals surface area contributed by atoms with Crippen molar-refractivity contribution in [3.05, 3.63) is 63.4 Å². The Morgan fingerprint density at radius 3 is 2.67 bits per heavy atom. The summed E-state index contributed by atoms with van der Waals surface area (Å²) in [6.07, 6.45) is 1.49. The summed E-state index contributed by atoms with van der Waals surface area (Å²) in [6, 6.07) is 8.93. The predicted octanol–water partition coefficient (Wildman–Crippen LogP) is 3.97. The van der Waals surface area contributed by atoms with Crippen LogP contribution in [0.2, 0.25) is 10.0 Å². The van der Waals surface area contributed by atoms with E-state index >= 15 is 0 Å². The predicted molar refractivity (Wildman–Crippen MR) is 74.1 cm³/mol. The molecule has 2 aromatic rings. The van der Waals surface area contributed by atoms with Gasteiger partial charge in [0.2, 0.25) is 0 Å². The Bertz CT molecular complexity index is 540. The first kappa shape index (κ1) is 13.3. The summed E-state index contributed by atoms with van der Waals surface area (Å²) < 4.78 is 0. The highest BCUT2D eigenvalue weighted by molar-refractivity contribution is 6.33. The SMILES string of the molecule is Cc1ccc(CC(O)c2cc(Cl)ccc2Cl)nc1. The zero-order valence-electron chi connectivity index (χ0n) is 9.90. The molecule has 0 aliphatic heterocycles. The van der Waals surface area contributed by atoms with Gasteiger partial charge in [0, 0.05) is 33.9 Å². The van der Waals surface area contributed by atoms with E-state index in [-0.39, 0.29) is 0 Å². The first-order valence-corrected chi connectivity index (χ1v) is 6.36. The van der Waals surface area contributed by atoms with Crippen LogP contribution in [0, 0.1) is 6.92 Å². The second-order valence-electron chi connectivity index (χ2n) is 4.21. The maximum Gasteiger partial charge on any atom is 0.0860 e. The summed E-state index contributed by atoms with van der Waals surface area (Å²) in [6.45, 7) is 1.97. The Labute approximate surface area is 116 Å². The standard InChI is InChI=1S/C14H13Cl2NO/c1-9-2-4-11(17-8-9)7-14(18)12-6-10(15)3-5-13(12)16/h2-6,8,14,18H,7H2,1H3. The van der Waals surface area contributed by atoms with Crippen molar-refractivity contribution < 1.29 is 5.11 Å². The third-order valence-corrected chi connectivity index (χ3v) is 3.27. The van der Waals surface area contributed by atoms with Gasteiger partial charge in [-0.05, 0) is 36.8 Å². The first-order valence-electron chi connectivity index (χ1n) is 5.61. The summed E-state index contributed by atoms with van der Waals surface area (Å²) in [5.41, 5.74) is 2.55. The third kappa shape index (κ3) is 3.22. The minimum Gasteiger partial charge on any atom is -0.388 e. The minimum atomic E-state index is -0.702. The summed E-state index contributed by atoms with van der Waals surface area (Å²) in [7, 11) is 0. The van der Waals surface area contributed by atoms with Crippen molar-refractivity contribution >= 4 is 23.2 Å². The molecule has 0 fully saturated rings. The molecule has 1 aromatic carbocycles. The number of aromatic nitrogens is 1. The molecule has 2 nitrogen and oxygen atoms in total. The van der Waals surface area contributed by atoms with Gasteiger partial charge in [-0.15, -0.1) is 0 Å². The van der Waals surface area contributed by atoms with Crippen LogP contribution in [0.3, 0.4) is 0 Å². The number of pyridine rings is 1. The summed E-state index contributed by atoms with van der Waals surface area (Å²) in [5, 5.41) is 11.2. The van der Waals surface area contributed by atoms with E-state index in [0.29, 0.717) is 22.0 Å². The average Bonchev–Trinajstić information content (AvgIpc) is 2.35. The van der Waals surface area contributed by atoms with Crippen LogP contribution in [0.5, 0.6) is 0 Å². The largest absolute Gasteiger partial charge is 0.388 e. The van der Waals surface area contributed by atoms with Crippen LogP contribution in [0.25, 0.3) is 0 Å². The lowest BCUT2D eigenvalue weighted by atomic mass is 10.0. The number of aliphatic hydroxyl groups excluding tert-OH is 1. The second kappa shape index (κ2) is 5.70. The van der Waals surface area contributed by atoms with Crippen molar-refractivity contribution in [2.45, 2.75) is 19.4 Å². The van der Waals surface area contributed by atoms with E-state index < -0.39 is 6.10 Å². The smallest absolute Gasteiger partial charge is 0.0860 e. The van der Waals surface area contributed by atoms with Gasteiger partial charge in [0.1, 0.15) is 0 Å². The van der Waals surface area contributed by atoms with Crippen LogP contribution in [0.15, 0.2) is 36.5 Å². The van der Waals surface area contributed by atoms with Crippen molar-refractivity contribution in [2.75, 3.05) is 0 Å². The molecular formula is C14H13Cl2NO. The van der Waals surface area contributed by atoms with Crippen LogP contribution < -0.4 is 0 Å². The molecule has 0 bridgehead atoms. The molecule has 0 radical (unpaired) electrons. The van der Waals surface area contributed by atoms with E-state index in [0.717, 1.165) is 11.3 Å². The zero-order valence-corrected chi connectivity index (χ0v) is 11.4. The summed E-state index contributed by atoms with van der Waals surface area (Å²) in [4.78, 5) is 4.26. The van der Waals surface area contributed by atoms with Gasteiger partial charge in [0.05, 0.1) is 6.10 Å². The Balaban J connectivity index is 2.18. The number of rotatable bonds is 3. The number of halogens is 2. The quantitative estimate of drug-likeness (QED) is 0.923. The molecule has 1 heterocycles. The maximum atomic E-state index is 10.2. The molecule has 1 unspecified atom stereocenters. The lowest BCUT2D eigenvalue weighted by Gasteiger charge is -2.12. The maximum absolute atomic E-state index is 10.2. The van der Waals surface area contributed by atoms with Gasteiger partial charge >= 0.3 is 0 Å². The molecule has 0 spiro atoms. The van der Waals surface area contributed by atoms with E-state index in [1.807, 2.05) is 19.1 Å². The van der Waals surface area contributed by atoms with Crippen molar-refractivity contribution in [1.82, 2.24) is 4.98 Å². The van der Waals surface area contributed by atoms with Crippen molar-refractivity contribution in [3.8, 4) is 0 Å². The van der Waals surface area contributed by atoms with E-state index in [2.05, 4.69) is 4.98 Å². The van der Waals surface area contributed by atoms with Crippen LogP contribution in [-0.2, 0) is 6.42 Å². The Hall–Kier alpha value is -1.09. The monoisotopic (exact) mass is 281 g/mol. The van der Waals surface area contributed by atoms with Crippen LogP contribution in [0.4, 0.5) is 0 Å². The van der Waals surface area contributed by atoms with Crippen LogP contribution >= 0.6 is 23.2 Å². The fourth-order valence-electron chi connectivity index (χ4n) is 1.70. The van der Waals surface area contributed by atoms with Crippen LogP contribution in [0.1, 0.15) is 22.9 Å². The molecular weight excluding hydrogens is 269 g/mol. The fourth-order valence-corrected chi connectivity index (χ4v) is 2.12. The van der Waals surface area contributed by atoms with E-state index in [9.17, 15) is 5.11 Å². The molecule has 0 aliphatic rings. The molecule has 0 saturated carbocycles. The molecule has 94 valence electrons. The number of hydrogen-bond acceptors (Lipinski definition) is 2. The van der Waals surface area contributed by atoms with Gasteiger partial charge in [0.15, 0.2) is 0 Å². The van der Waals surface area contributed by atoms with Gasteiger partial charge in [-0.2, -0.15) is 0 Å². The molecule has 18 heavy (non-hydrogen) atoms. The van der Waals surface area contributed by atoms with E-state index in [1.165, 1.54) is 0 Å². The Morgan fingerprint density at radius 1 is 1.22 bits per heavy atom. The van der Waals surface area contributed by atoms with Crippen molar-refractivity contribution in [3.63, 3.8) is 0 Å². The number of hydrogen-bond donors (Lipinski definition) is 1. The number of aryl methyl sites for hydroxylation is 1. The fraction of sp³-hybridized carbons (Fsp3) is 0.214. The number of aliphatic hydroxyl groups is 1. The van der Waals surface area contributed by atoms with E-state index in [4.69, 9.17) is 23.2 Å². The first-order chi connectivity index (χ1) is 8.56. The van der Waals surface area contributed by atoms with Gasteiger partial charge in [-0.3, -0.25) is 4.98 Å². The Kier molecular flexibility index (Phi) is 4.23. The highest BCUT2D eigenvalue weighted by Gasteiger charge is 2.13. The van der Waals surface area contributed by atoms with Gasteiger partial charge in [-0.25, -0.2) is 0 Å². The number of nitrogens with zero attached hydrogens (tertiary/aromatic N) is 1. The van der Waals surface area contributed by atoms with E-state index in [1.54, 1.807) is 24.4 Å². The molecule has 1 aromatic heterocycles. The normalized spacial score (nSPS) is 12.4. The average molecular weight is 282 g/mol. The summed E-state index contributed by atoms with van der Waals surface area (Å²) in [5.74, 6) is 0. The molecule has 1 N–H and O–H groups in total. The van der Waals surface area contributed by atoms with Crippen LogP contribution in [-0.4, -0.2) is 10.1 Å². The number of benzene rings is 1.